The molecule has 5 rings (SSSR count). The van der Waals surface area contributed by atoms with Gasteiger partial charge in [0, 0.05) is 30.7 Å². The van der Waals surface area contributed by atoms with Crippen LogP contribution in [0.2, 0.25) is 0 Å². The van der Waals surface area contributed by atoms with Crippen molar-refractivity contribution in [1.29, 1.82) is 0 Å². The number of halogens is 1. The van der Waals surface area contributed by atoms with Crippen molar-refractivity contribution >= 4 is 17.3 Å². The molecular formula is C26H21FN4O2. The van der Waals surface area contributed by atoms with E-state index in [0.29, 0.717) is 47.8 Å². The van der Waals surface area contributed by atoms with E-state index in [1.807, 2.05) is 24.4 Å². The van der Waals surface area contributed by atoms with Crippen molar-refractivity contribution in [3.63, 3.8) is 0 Å². The van der Waals surface area contributed by atoms with Crippen LogP contribution >= 0.6 is 0 Å². The maximum absolute atomic E-state index is 14.7. The predicted molar refractivity (Wildman–Crippen MR) is 125 cm³/mol. The number of benzene rings is 2. The third kappa shape index (κ3) is 4.39. The highest BCUT2D eigenvalue weighted by Crippen LogP contribution is 2.40. The van der Waals surface area contributed by atoms with Crippen LogP contribution in [-0.4, -0.2) is 29.0 Å². The van der Waals surface area contributed by atoms with E-state index in [1.54, 1.807) is 55.0 Å². The molecule has 1 N–H and O–H groups in total. The summed E-state index contributed by atoms with van der Waals surface area (Å²) in [6.45, 7) is 1.65. The quantitative estimate of drug-likeness (QED) is 0.476. The summed E-state index contributed by atoms with van der Waals surface area (Å²) in [6.07, 6.45) is 6.75. The summed E-state index contributed by atoms with van der Waals surface area (Å²) in [7, 11) is 0. The molecule has 0 saturated carbocycles. The van der Waals surface area contributed by atoms with Crippen LogP contribution in [0.15, 0.2) is 85.5 Å². The second kappa shape index (κ2) is 9.08. The molecule has 0 aliphatic carbocycles. The lowest BCUT2D eigenvalue weighted by atomic mass is 9.98. The van der Waals surface area contributed by atoms with Crippen LogP contribution in [0.3, 0.4) is 0 Å². The number of nitrogens with one attached hydrogen (secondary N) is 1. The van der Waals surface area contributed by atoms with E-state index in [4.69, 9.17) is 4.74 Å². The number of anilines is 2. The molecule has 7 heteroatoms. The van der Waals surface area contributed by atoms with Gasteiger partial charge in [-0.25, -0.2) is 4.39 Å². The maximum atomic E-state index is 14.7. The van der Waals surface area contributed by atoms with Gasteiger partial charge < -0.3 is 15.0 Å². The number of nitrogens with zero attached hydrogens (tertiary/aromatic N) is 3. The monoisotopic (exact) mass is 440 g/mol. The van der Waals surface area contributed by atoms with Gasteiger partial charge in [0.2, 0.25) is 0 Å². The normalized spacial score (nSPS) is 12.6. The molecular weight excluding hydrogens is 419 g/mol. The Morgan fingerprint density at radius 3 is 2.61 bits per heavy atom. The van der Waals surface area contributed by atoms with Gasteiger partial charge in [0.15, 0.2) is 5.75 Å². The molecule has 164 valence electrons. The molecule has 0 fully saturated rings. The first-order valence-corrected chi connectivity index (χ1v) is 10.6. The zero-order valence-electron chi connectivity index (χ0n) is 17.7. The minimum absolute atomic E-state index is 0.338. The van der Waals surface area contributed by atoms with Crippen LogP contribution in [0.4, 0.5) is 15.8 Å². The van der Waals surface area contributed by atoms with Crippen molar-refractivity contribution in [3.05, 3.63) is 102 Å². The predicted octanol–water partition coefficient (Wildman–Crippen LogP) is 4.93. The fourth-order valence-corrected chi connectivity index (χ4v) is 3.91. The summed E-state index contributed by atoms with van der Waals surface area (Å²) < 4.78 is 20.6. The number of aromatic nitrogens is 2. The van der Waals surface area contributed by atoms with E-state index in [-0.39, 0.29) is 11.7 Å². The van der Waals surface area contributed by atoms with Gasteiger partial charge in [0.25, 0.3) is 5.91 Å². The van der Waals surface area contributed by atoms with Gasteiger partial charge in [0.1, 0.15) is 12.4 Å². The molecule has 0 atom stereocenters. The summed E-state index contributed by atoms with van der Waals surface area (Å²) in [5.41, 5.74) is 3.69. The average molecular weight is 440 g/mol. The van der Waals surface area contributed by atoms with E-state index in [9.17, 15) is 9.18 Å². The van der Waals surface area contributed by atoms with Crippen LogP contribution < -0.4 is 15.0 Å². The molecule has 4 aromatic rings. The second-order valence-electron chi connectivity index (χ2n) is 7.68. The Labute approximate surface area is 190 Å². The molecule has 1 amide bonds. The highest BCUT2D eigenvalue weighted by molar-refractivity contribution is 6.08. The Hall–Kier alpha value is -4.26. The first kappa shape index (κ1) is 20.6. The third-order valence-electron chi connectivity index (χ3n) is 5.46. The number of carbonyl (C=O) groups excluding carboxylic acids is 1. The fraction of sp³-hybridized carbons (Fsp3) is 0.115. The zero-order chi connectivity index (χ0) is 22.6. The van der Waals surface area contributed by atoms with Gasteiger partial charge in [-0.3, -0.25) is 14.8 Å². The molecule has 3 heterocycles. The summed E-state index contributed by atoms with van der Waals surface area (Å²) >= 11 is 0. The van der Waals surface area contributed by atoms with Gasteiger partial charge in [-0.1, -0.05) is 24.3 Å². The van der Waals surface area contributed by atoms with E-state index >= 15 is 0 Å². The SMILES string of the molecule is O=C(Nc1cccnc1)c1cc(-c2ccccc2F)cc2c1OCCN2Cc1cccnc1. The molecule has 0 unspecified atom stereocenters. The van der Waals surface area contributed by atoms with Crippen molar-refractivity contribution in [1.82, 2.24) is 9.97 Å². The van der Waals surface area contributed by atoms with Crippen molar-refractivity contribution < 1.29 is 13.9 Å². The molecule has 1 aliphatic heterocycles. The first-order chi connectivity index (χ1) is 16.2. The number of pyridine rings is 2. The Morgan fingerprint density at radius 1 is 1.03 bits per heavy atom. The number of fused-ring (bicyclic) bond motifs is 1. The van der Waals surface area contributed by atoms with Gasteiger partial charge >= 0.3 is 0 Å². The molecule has 2 aromatic carbocycles. The molecule has 6 nitrogen and oxygen atoms in total. The van der Waals surface area contributed by atoms with Crippen LogP contribution in [0.1, 0.15) is 15.9 Å². The van der Waals surface area contributed by atoms with Crippen molar-refractivity contribution in [3.8, 4) is 16.9 Å². The summed E-state index contributed by atoms with van der Waals surface area (Å²) in [6, 6.07) is 17.5. The van der Waals surface area contributed by atoms with Crippen LogP contribution in [0, 0.1) is 5.82 Å². The maximum Gasteiger partial charge on any atom is 0.259 e. The highest BCUT2D eigenvalue weighted by atomic mass is 19.1. The minimum Gasteiger partial charge on any atom is -0.489 e. The molecule has 0 spiro atoms. The van der Waals surface area contributed by atoms with Gasteiger partial charge in [-0.05, 0) is 47.5 Å². The Balaban J connectivity index is 1.60. The van der Waals surface area contributed by atoms with Gasteiger partial charge in [-0.2, -0.15) is 0 Å². The lowest BCUT2D eigenvalue weighted by Gasteiger charge is -2.33. The largest absolute Gasteiger partial charge is 0.489 e. The van der Waals surface area contributed by atoms with Crippen molar-refractivity contribution in [2.24, 2.45) is 0 Å². The number of hydrogen-bond acceptors (Lipinski definition) is 5. The minimum atomic E-state index is -0.355. The Kier molecular flexibility index (Phi) is 5.68. The average Bonchev–Trinajstić information content (AvgIpc) is 2.85. The summed E-state index contributed by atoms with van der Waals surface area (Å²) in [4.78, 5) is 23.6. The highest BCUT2D eigenvalue weighted by Gasteiger charge is 2.26. The fourth-order valence-electron chi connectivity index (χ4n) is 3.91. The Morgan fingerprint density at radius 2 is 1.85 bits per heavy atom. The number of rotatable bonds is 5. The molecule has 1 aliphatic rings. The van der Waals surface area contributed by atoms with Crippen LogP contribution in [0.25, 0.3) is 11.1 Å². The number of hydrogen-bond donors (Lipinski definition) is 1. The van der Waals surface area contributed by atoms with E-state index < -0.39 is 0 Å². The molecule has 33 heavy (non-hydrogen) atoms. The number of carbonyl (C=O) groups is 1. The van der Waals surface area contributed by atoms with Crippen LogP contribution in [-0.2, 0) is 6.54 Å². The molecule has 2 aromatic heterocycles. The summed E-state index contributed by atoms with van der Waals surface area (Å²) in [5.74, 6) is -0.223. The second-order valence-corrected chi connectivity index (χ2v) is 7.68. The molecule has 0 saturated heterocycles. The standard InChI is InChI=1S/C26H21FN4O2/c27-23-8-2-1-7-21(23)19-13-22(26(32)30-20-6-4-10-29-16-20)25-24(14-19)31(11-12-33-25)17-18-5-3-9-28-15-18/h1-10,13-16H,11-12,17H2,(H,30,32). The van der Waals surface area contributed by atoms with E-state index in [2.05, 4.69) is 20.2 Å². The lowest BCUT2D eigenvalue weighted by Crippen LogP contribution is -2.33. The first-order valence-electron chi connectivity index (χ1n) is 10.6. The van der Waals surface area contributed by atoms with E-state index in [1.165, 1.54) is 6.07 Å². The Bertz CT molecular complexity index is 1280. The third-order valence-corrected chi connectivity index (χ3v) is 5.46. The topological polar surface area (TPSA) is 67.3 Å². The van der Waals surface area contributed by atoms with Crippen molar-refractivity contribution in [2.45, 2.75) is 6.54 Å². The van der Waals surface area contributed by atoms with E-state index in [0.717, 1.165) is 11.3 Å². The number of amides is 1. The van der Waals surface area contributed by atoms with Gasteiger partial charge in [-0.15, -0.1) is 0 Å². The van der Waals surface area contributed by atoms with Crippen molar-refractivity contribution in [2.75, 3.05) is 23.4 Å². The molecule has 0 radical (unpaired) electrons. The number of ether oxygens (including phenoxy) is 1. The smallest absolute Gasteiger partial charge is 0.259 e. The molecule has 0 bridgehead atoms. The lowest BCUT2D eigenvalue weighted by molar-refractivity contribution is 0.102. The zero-order valence-corrected chi connectivity index (χ0v) is 17.7. The van der Waals surface area contributed by atoms with Crippen LogP contribution in [0.5, 0.6) is 5.75 Å². The van der Waals surface area contributed by atoms with Gasteiger partial charge in [0.05, 0.1) is 29.7 Å². The summed E-state index contributed by atoms with van der Waals surface area (Å²) in [5, 5.41) is 2.86.